The molecule has 0 aromatic heterocycles. The minimum Gasteiger partial charge on any atom is -0.492 e. The molecule has 0 saturated heterocycles. The number of anilines is 1. The molecule has 20 heavy (non-hydrogen) atoms. The lowest BCUT2D eigenvalue weighted by Gasteiger charge is -2.27. The summed E-state index contributed by atoms with van der Waals surface area (Å²) in [5.41, 5.74) is 0.651. The molecule has 0 aliphatic carbocycles. The molecule has 1 amide bonds. The zero-order valence-corrected chi connectivity index (χ0v) is 13.1. The summed E-state index contributed by atoms with van der Waals surface area (Å²) in [6.07, 6.45) is 0.890. The van der Waals surface area contributed by atoms with E-state index in [2.05, 4.69) is 17.6 Å². The third kappa shape index (κ3) is 4.76. The number of nitrogens with one attached hydrogen (secondary N) is 2. The molecule has 4 heteroatoms. The number of carbonyl (C=O) groups excluding carboxylic acids is 1. The van der Waals surface area contributed by atoms with Crippen molar-refractivity contribution in [3.8, 4) is 5.75 Å². The first-order valence-electron chi connectivity index (χ1n) is 7.20. The van der Waals surface area contributed by atoms with Crippen LogP contribution in [-0.2, 0) is 4.79 Å². The Bertz CT molecular complexity index is 444. The van der Waals surface area contributed by atoms with Crippen LogP contribution < -0.4 is 15.4 Å². The molecule has 0 heterocycles. The summed E-state index contributed by atoms with van der Waals surface area (Å²) in [6.45, 7) is 10.5. The summed E-state index contributed by atoms with van der Waals surface area (Å²) in [6, 6.07) is 7.33. The van der Waals surface area contributed by atoms with Crippen LogP contribution in [-0.4, -0.2) is 24.1 Å². The molecule has 4 nitrogen and oxygen atoms in total. The van der Waals surface area contributed by atoms with Gasteiger partial charge in [0.1, 0.15) is 11.8 Å². The highest BCUT2D eigenvalue weighted by Gasteiger charge is 2.22. The van der Waals surface area contributed by atoms with Gasteiger partial charge in [0.2, 0.25) is 5.91 Å². The highest BCUT2D eigenvalue weighted by Crippen LogP contribution is 2.24. The molecular weight excluding hydrogens is 252 g/mol. The number of benzene rings is 1. The lowest BCUT2D eigenvalue weighted by atomic mass is 10.0. The molecule has 1 aromatic carbocycles. The molecule has 0 radical (unpaired) electrons. The molecule has 0 spiro atoms. The quantitative estimate of drug-likeness (QED) is 0.805. The Morgan fingerprint density at radius 3 is 2.55 bits per heavy atom. The predicted octanol–water partition coefficient (Wildman–Crippen LogP) is 3.19. The third-order valence-electron chi connectivity index (χ3n) is 3.30. The van der Waals surface area contributed by atoms with Crippen molar-refractivity contribution in [1.82, 2.24) is 5.32 Å². The summed E-state index contributed by atoms with van der Waals surface area (Å²) >= 11 is 0. The van der Waals surface area contributed by atoms with E-state index < -0.39 is 0 Å². The van der Waals surface area contributed by atoms with Gasteiger partial charge in [0.25, 0.3) is 0 Å². The molecule has 0 fully saturated rings. The van der Waals surface area contributed by atoms with E-state index >= 15 is 0 Å². The van der Waals surface area contributed by atoms with E-state index in [1.54, 1.807) is 0 Å². The number of rotatable bonds is 7. The van der Waals surface area contributed by atoms with Gasteiger partial charge in [-0.2, -0.15) is 0 Å². The van der Waals surface area contributed by atoms with E-state index in [0.29, 0.717) is 6.61 Å². The largest absolute Gasteiger partial charge is 0.492 e. The van der Waals surface area contributed by atoms with E-state index in [0.717, 1.165) is 17.9 Å². The standard InChI is InChI=1S/C16H26N2O2/c1-6-16(4,5)18-15(19)12(3)17-13-10-8-9-11-14(13)20-7-2/h8-12,17H,6-7H2,1-5H3,(H,18,19). The Morgan fingerprint density at radius 1 is 1.30 bits per heavy atom. The van der Waals surface area contributed by atoms with E-state index in [1.165, 1.54) is 0 Å². The molecule has 2 N–H and O–H groups in total. The Kier molecular flexibility index (Phi) is 5.86. The van der Waals surface area contributed by atoms with E-state index in [-0.39, 0.29) is 17.5 Å². The minimum absolute atomic E-state index is 0.0110. The SMILES string of the molecule is CCOc1ccccc1NC(C)C(=O)NC(C)(C)CC. The first-order valence-corrected chi connectivity index (χ1v) is 7.20. The van der Waals surface area contributed by atoms with Crippen molar-refractivity contribution in [2.45, 2.75) is 52.6 Å². The number of carbonyl (C=O) groups is 1. The van der Waals surface area contributed by atoms with Gasteiger partial charge in [-0.3, -0.25) is 4.79 Å². The molecule has 1 unspecified atom stereocenters. The van der Waals surface area contributed by atoms with Crippen molar-refractivity contribution in [1.29, 1.82) is 0 Å². The molecule has 0 aliphatic rings. The monoisotopic (exact) mass is 278 g/mol. The second kappa shape index (κ2) is 7.17. The number of hydrogen-bond donors (Lipinski definition) is 2. The summed E-state index contributed by atoms with van der Waals surface area (Å²) in [5.74, 6) is 0.757. The molecular formula is C16H26N2O2. The first kappa shape index (κ1) is 16.3. The Morgan fingerprint density at radius 2 is 1.95 bits per heavy atom. The number of hydrogen-bond acceptors (Lipinski definition) is 3. The maximum Gasteiger partial charge on any atom is 0.242 e. The van der Waals surface area contributed by atoms with Crippen LogP contribution in [0.1, 0.15) is 41.0 Å². The molecule has 0 saturated carbocycles. The Balaban J connectivity index is 2.70. The van der Waals surface area contributed by atoms with Crippen LogP contribution in [0.25, 0.3) is 0 Å². The van der Waals surface area contributed by atoms with Crippen LogP contribution in [0.15, 0.2) is 24.3 Å². The highest BCUT2D eigenvalue weighted by molar-refractivity contribution is 5.85. The van der Waals surface area contributed by atoms with Crippen molar-refractivity contribution in [2.24, 2.45) is 0 Å². The number of ether oxygens (including phenoxy) is 1. The van der Waals surface area contributed by atoms with Crippen LogP contribution in [0.4, 0.5) is 5.69 Å². The van der Waals surface area contributed by atoms with E-state index in [1.807, 2.05) is 52.0 Å². The molecule has 112 valence electrons. The topological polar surface area (TPSA) is 50.4 Å². The van der Waals surface area contributed by atoms with Gasteiger partial charge in [-0.05, 0) is 46.2 Å². The zero-order valence-electron chi connectivity index (χ0n) is 13.1. The fourth-order valence-corrected chi connectivity index (χ4v) is 1.70. The van der Waals surface area contributed by atoms with E-state index in [9.17, 15) is 4.79 Å². The highest BCUT2D eigenvalue weighted by atomic mass is 16.5. The van der Waals surface area contributed by atoms with Crippen LogP contribution in [0, 0.1) is 0 Å². The average Bonchev–Trinajstić information content (AvgIpc) is 2.40. The second-order valence-electron chi connectivity index (χ2n) is 5.52. The van der Waals surface area contributed by atoms with Gasteiger partial charge < -0.3 is 15.4 Å². The fourth-order valence-electron chi connectivity index (χ4n) is 1.70. The summed E-state index contributed by atoms with van der Waals surface area (Å²) < 4.78 is 5.55. The number of amides is 1. The Hall–Kier alpha value is -1.71. The van der Waals surface area contributed by atoms with Crippen LogP contribution in [0.3, 0.4) is 0 Å². The van der Waals surface area contributed by atoms with Crippen molar-refractivity contribution in [3.63, 3.8) is 0 Å². The lowest BCUT2D eigenvalue weighted by molar-refractivity contribution is -0.123. The van der Waals surface area contributed by atoms with Crippen LogP contribution in [0.2, 0.25) is 0 Å². The van der Waals surface area contributed by atoms with Gasteiger partial charge in [-0.1, -0.05) is 19.1 Å². The molecule has 1 aromatic rings. The van der Waals surface area contributed by atoms with Crippen molar-refractivity contribution in [3.05, 3.63) is 24.3 Å². The summed E-state index contributed by atoms with van der Waals surface area (Å²) in [5, 5.41) is 6.24. The van der Waals surface area contributed by atoms with Crippen LogP contribution in [0.5, 0.6) is 5.75 Å². The summed E-state index contributed by atoms with van der Waals surface area (Å²) in [7, 11) is 0. The number of para-hydroxylation sites is 2. The third-order valence-corrected chi connectivity index (χ3v) is 3.30. The van der Waals surface area contributed by atoms with Gasteiger partial charge in [-0.25, -0.2) is 0 Å². The van der Waals surface area contributed by atoms with Crippen molar-refractivity contribution in [2.75, 3.05) is 11.9 Å². The fraction of sp³-hybridized carbons (Fsp3) is 0.562. The Labute approximate surface area is 121 Å². The molecule has 1 atom stereocenters. The molecule has 0 bridgehead atoms. The smallest absolute Gasteiger partial charge is 0.242 e. The van der Waals surface area contributed by atoms with Gasteiger partial charge in [0.05, 0.1) is 12.3 Å². The van der Waals surface area contributed by atoms with Crippen molar-refractivity contribution < 1.29 is 9.53 Å². The normalized spacial score (nSPS) is 12.7. The first-order chi connectivity index (χ1) is 9.39. The van der Waals surface area contributed by atoms with Crippen molar-refractivity contribution >= 4 is 11.6 Å². The lowest BCUT2D eigenvalue weighted by Crippen LogP contribution is -2.48. The second-order valence-corrected chi connectivity index (χ2v) is 5.52. The molecule has 0 aliphatic heterocycles. The van der Waals surface area contributed by atoms with Gasteiger partial charge >= 0.3 is 0 Å². The minimum atomic E-state index is -0.317. The van der Waals surface area contributed by atoms with Gasteiger partial charge in [-0.15, -0.1) is 0 Å². The van der Waals surface area contributed by atoms with Crippen LogP contribution >= 0.6 is 0 Å². The zero-order chi connectivity index (χ0) is 15.2. The summed E-state index contributed by atoms with van der Waals surface area (Å²) in [4.78, 5) is 12.2. The maximum absolute atomic E-state index is 12.2. The predicted molar refractivity (Wildman–Crippen MR) is 83.2 cm³/mol. The molecule has 1 rings (SSSR count). The van der Waals surface area contributed by atoms with Gasteiger partial charge in [0, 0.05) is 5.54 Å². The maximum atomic E-state index is 12.2. The average molecular weight is 278 g/mol. The van der Waals surface area contributed by atoms with E-state index in [4.69, 9.17) is 4.74 Å². The van der Waals surface area contributed by atoms with Gasteiger partial charge in [0.15, 0.2) is 0 Å².